The number of nitro groups is 1. The molecule has 0 unspecified atom stereocenters. The van der Waals surface area contributed by atoms with E-state index in [4.69, 9.17) is 4.74 Å². The van der Waals surface area contributed by atoms with Gasteiger partial charge in [0.15, 0.2) is 0 Å². The molecule has 2 bridgehead atoms. The lowest BCUT2D eigenvalue weighted by Crippen LogP contribution is -2.33. The molecule has 5 atom stereocenters. The van der Waals surface area contributed by atoms with Crippen LogP contribution >= 0.6 is 23.1 Å². The summed E-state index contributed by atoms with van der Waals surface area (Å²) in [5.41, 5.74) is 3.14. The normalized spacial score (nSPS) is 27.2. The van der Waals surface area contributed by atoms with Gasteiger partial charge in [0.2, 0.25) is 0 Å². The van der Waals surface area contributed by atoms with Gasteiger partial charge in [-0.15, -0.1) is 11.8 Å². The van der Waals surface area contributed by atoms with E-state index < -0.39 is 0 Å². The molecule has 3 aliphatic rings. The predicted octanol–water partition coefficient (Wildman–Crippen LogP) is 5.88. The van der Waals surface area contributed by atoms with Crippen LogP contribution in [-0.4, -0.2) is 15.2 Å². The Hall–Kier alpha value is -2.58. The van der Waals surface area contributed by atoms with Gasteiger partial charge in [-0.3, -0.25) is 14.9 Å². The molecule has 2 heterocycles. The number of aromatic amines is 1. The van der Waals surface area contributed by atoms with Crippen LogP contribution in [0.2, 0.25) is 0 Å². The number of nitrogens with zero attached hydrogens (tertiary/aromatic N) is 1. The molecule has 1 aliphatic heterocycles. The van der Waals surface area contributed by atoms with E-state index in [0.717, 1.165) is 21.0 Å². The largest absolute Gasteiger partial charge is 0.489 e. The fourth-order valence-corrected chi connectivity index (χ4v) is 8.95. The van der Waals surface area contributed by atoms with Crippen LogP contribution in [0.4, 0.5) is 5.69 Å². The second-order valence-electron chi connectivity index (χ2n) is 9.43. The van der Waals surface area contributed by atoms with Gasteiger partial charge in [0.1, 0.15) is 12.4 Å². The lowest BCUT2D eigenvalue weighted by atomic mass is 9.74. The van der Waals surface area contributed by atoms with E-state index in [0.29, 0.717) is 35.4 Å². The van der Waals surface area contributed by atoms with Crippen LogP contribution in [0.3, 0.4) is 0 Å². The molecule has 0 saturated heterocycles. The highest BCUT2D eigenvalue weighted by atomic mass is 32.2. The quantitative estimate of drug-likeness (QED) is 0.364. The third-order valence-electron chi connectivity index (χ3n) is 7.52. The first-order chi connectivity index (χ1) is 16.0. The van der Waals surface area contributed by atoms with Crippen molar-refractivity contribution in [3.8, 4) is 5.75 Å². The summed E-state index contributed by atoms with van der Waals surface area (Å²) < 4.78 is 6.29. The minimum Gasteiger partial charge on any atom is -0.489 e. The molecular weight excluding hydrogens is 456 g/mol. The Morgan fingerprint density at radius 1 is 1.15 bits per heavy atom. The van der Waals surface area contributed by atoms with E-state index in [1.165, 1.54) is 42.2 Å². The van der Waals surface area contributed by atoms with Gasteiger partial charge in [-0.05, 0) is 55.6 Å². The number of nitrogens with one attached hydrogen (secondary N) is 1. The van der Waals surface area contributed by atoms with Gasteiger partial charge >= 0.3 is 4.87 Å². The first-order valence-electron chi connectivity index (χ1n) is 11.3. The number of aromatic nitrogens is 1. The second kappa shape index (κ2) is 8.02. The first-order valence-corrected chi connectivity index (χ1v) is 13.0. The molecule has 0 radical (unpaired) electrons. The van der Waals surface area contributed by atoms with Crippen LogP contribution in [0.1, 0.15) is 46.7 Å². The van der Waals surface area contributed by atoms with Gasteiger partial charge in [0, 0.05) is 33.7 Å². The number of rotatable bonds is 5. The molecule has 2 fully saturated rings. The van der Waals surface area contributed by atoms with Gasteiger partial charge in [-0.1, -0.05) is 41.2 Å². The highest BCUT2D eigenvalue weighted by Crippen LogP contribution is 2.64. The maximum absolute atomic E-state index is 12.3. The third kappa shape index (κ3) is 3.60. The number of H-pyrrole nitrogens is 1. The first kappa shape index (κ1) is 21.0. The Labute approximate surface area is 199 Å². The van der Waals surface area contributed by atoms with E-state index in [2.05, 4.69) is 17.1 Å². The summed E-state index contributed by atoms with van der Waals surface area (Å²) in [4.78, 5) is 27.7. The molecule has 0 spiro atoms. The maximum atomic E-state index is 12.3. The summed E-state index contributed by atoms with van der Waals surface area (Å²) in [6.07, 6.45) is 3.65. The summed E-state index contributed by atoms with van der Waals surface area (Å²) in [5.74, 6) is 2.23. The van der Waals surface area contributed by atoms with Crippen molar-refractivity contribution in [3.05, 3.63) is 83.8 Å². The van der Waals surface area contributed by atoms with Crippen LogP contribution < -0.4 is 9.61 Å². The molecule has 170 valence electrons. The molecule has 2 aromatic carbocycles. The topological polar surface area (TPSA) is 85.2 Å². The van der Waals surface area contributed by atoms with E-state index >= 15 is 0 Å². The second-order valence-corrected chi connectivity index (χ2v) is 11.6. The summed E-state index contributed by atoms with van der Waals surface area (Å²) >= 11 is 3.07. The standard InChI is InChI=1S/C25H24N2O4S2/c1-13-2-4-14(5-3-13)12-31-19-9-8-17(27(29)30)11-18(19)21-20-15-6-7-16(10-15)22(20)32-24-23(21)33-25(28)26-24/h2-5,8-9,11,15-16,20-22H,6-7,10,12H2,1H3,(H,26,28)/t15-,16-,20-,21+,22+/m1/s1. The molecule has 3 aromatic rings. The van der Waals surface area contributed by atoms with Crippen molar-refractivity contribution in [2.24, 2.45) is 17.8 Å². The Morgan fingerprint density at radius 3 is 2.73 bits per heavy atom. The predicted molar refractivity (Wildman–Crippen MR) is 129 cm³/mol. The molecule has 6 nitrogen and oxygen atoms in total. The summed E-state index contributed by atoms with van der Waals surface area (Å²) in [5, 5.41) is 13.1. The van der Waals surface area contributed by atoms with Crippen molar-refractivity contribution in [3.63, 3.8) is 0 Å². The number of hydrogen-bond acceptors (Lipinski definition) is 6. The highest BCUT2D eigenvalue weighted by Gasteiger charge is 2.55. The Morgan fingerprint density at radius 2 is 1.94 bits per heavy atom. The summed E-state index contributed by atoms with van der Waals surface area (Å²) in [6.45, 7) is 2.44. The average molecular weight is 481 g/mol. The number of ether oxygens (including phenoxy) is 1. The fraction of sp³-hybridized carbons (Fsp3) is 0.400. The molecule has 8 heteroatoms. The fourth-order valence-electron chi connectivity index (χ4n) is 6.07. The SMILES string of the molecule is Cc1ccc(COc2ccc([N+](=O)[O-])cc2[C@@H]2c3sc(=O)[nH]c3S[C@H]3[C@@H]4CC[C@H](C4)[C@H]23)cc1. The number of aryl methyl sites for hydroxylation is 1. The molecule has 33 heavy (non-hydrogen) atoms. The van der Waals surface area contributed by atoms with Crippen molar-refractivity contribution in [2.75, 3.05) is 0 Å². The number of thioether (sulfide) groups is 1. The monoisotopic (exact) mass is 480 g/mol. The number of nitro benzene ring substituents is 1. The highest BCUT2D eigenvalue weighted by molar-refractivity contribution is 8.00. The Balaban J connectivity index is 1.44. The van der Waals surface area contributed by atoms with Crippen LogP contribution in [0.25, 0.3) is 0 Å². The molecule has 0 amide bonds. The lowest BCUT2D eigenvalue weighted by Gasteiger charge is -2.40. The third-order valence-corrected chi connectivity index (χ3v) is 10.1. The lowest BCUT2D eigenvalue weighted by molar-refractivity contribution is -0.385. The van der Waals surface area contributed by atoms with Crippen molar-refractivity contribution in [1.82, 2.24) is 4.98 Å². The van der Waals surface area contributed by atoms with E-state index in [1.54, 1.807) is 12.1 Å². The smallest absolute Gasteiger partial charge is 0.305 e. The average Bonchev–Trinajstić information content (AvgIpc) is 3.51. The minimum absolute atomic E-state index is 0.0570. The molecule has 2 saturated carbocycles. The molecule has 1 aromatic heterocycles. The van der Waals surface area contributed by atoms with E-state index in [9.17, 15) is 14.9 Å². The van der Waals surface area contributed by atoms with E-state index in [1.807, 2.05) is 30.8 Å². The number of fused-ring (bicyclic) bond motifs is 6. The van der Waals surface area contributed by atoms with Gasteiger partial charge < -0.3 is 9.72 Å². The van der Waals surface area contributed by atoms with Crippen LogP contribution in [0.5, 0.6) is 5.75 Å². The minimum atomic E-state index is -0.344. The van der Waals surface area contributed by atoms with Crippen molar-refractivity contribution >= 4 is 28.8 Å². The van der Waals surface area contributed by atoms with Crippen LogP contribution in [0.15, 0.2) is 52.3 Å². The number of benzene rings is 2. The van der Waals surface area contributed by atoms with Crippen LogP contribution in [-0.2, 0) is 6.61 Å². The molecule has 6 rings (SSSR count). The Bertz CT molecular complexity index is 1280. The summed E-state index contributed by atoms with van der Waals surface area (Å²) in [7, 11) is 0. The molecule has 2 aliphatic carbocycles. The van der Waals surface area contributed by atoms with Crippen molar-refractivity contribution in [1.29, 1.82) is 0 Å². The zero-order valence-electron chi connectivity index (χ0n) is 18.2. The van der Waals surface area contributed by atoms with Crippen molar-refractivity contribution in [2.45, 2.75) is 49.0 Å². The number of non-ortho nitro benzene ring substituents is 1. The maximum Gasteiger partial charge on any atom is 0.305 e. The van der Waals surface area contributed by atoms with Crippen molar-refractivity contribution < 1.29 is 9.66 Å². The van der Waals surface area contributed by atoms with Gasteiger partial charge in [0.05, 0.1) is 9.95 Å². The van der Waals surface area contributed by atoms with Gasteiger partial charge in [-0.2, -0.15) is 0 Å². The summed E-state index contributed by atoms with van der Waals surface area (Å²) in [6, 6.07) is 13.1. The zero-order chi connectivity index (χ0) is 22.7. The van der Waals surface area contributed by atoms with Gasteiger partial charge in [0.25, 0.3) is 5.69 Å². The van der Waals surface area contributed by atoms with E-state index in [-0.39, 0.29) is 21.4 Å². The molecular formula is C25H24N2O4S2. The number of hydrogen-bond donors (Lipinski definition) is 1. The zero-order valence-corrected chi connectivity index (χ0v) is 19.8. The Kier molecular flexibility index (Phi) is 5.10. The van der Waals surface area contributed by atoms with Gasteiger partial charge in [-0.25, -0.2) is 0 Å². The number of thiazole rings is 1. The molecule has 1 N–H and O–H groups in total. The van der Waals surface area contributed by atoms with Crippen LogP contribution in [0, 0.1) is 34.8 Å².